The van der Waals surface area contributed by atoms with E-state index in [-0.39, 0.29) is 5.91 Å². The summed E-state index contributed by atoms with van der Waals surface area (Å²) >= 11 is 0. The fraction of sp³-hybridized carbons (Fsp3) is 0.571. The van der Waals surface area contributed by atoms with Gasteiger partial charge >= 0.3 is 0 Å². The van der Waals surface area contributed by atoms with E-state index in [2.05, 4.69) is 22.1 Å². The van der Waals surface area contributed by atoms with Gasteiger partial charge in [0.05, 0.1) is 0 Å². The highest BCUT2D eigenvalue weighted by Gasteiger charge is 2.22. The molecule has 0 atom stereocenters. The summed E-state index contributed by atoms with van der Waals surface area (Å²) < 4.78 is 0. The molecule has 104 valence electrons. The van der Waals surface area contributed by atoms with Crippen molar-refractivity contribution < 1.29 is 4.79 Å². The van der Waals surface area contributed by atoms with Crippen LogP contribution in [-0.4, -0.2) is 60.5 Å². The van der Waals surface area contributed by atoms with E-state index in [4.69, 9.17) is 0 Å². The molecule has 0 aliphatic carbocycles. The first-order chi connectivity index (χ1) is 9.24. The first kappa shape index (κ1) is 13.8. The number of nitrogens with one attached hydrogen (secondary N) is 1. The molecule has 0 radical (unpaired) electrons. The molecule has 1 N–H and O–H groups in total. The van der Waals surface area contributed by atoms with Crippen LogP contribution in [0.4, 0.5) is 5.82 Å². The van der Waals surface area contributed by atoms with E-state index in [9.17, 15) is 4.79 Å². The second-order valence-corrected chi connectivity index (χ2v) is 4.79. The first-order valence-corrected chi connectivity index (χ1v) is 6.91. The largest absolute Gasteiger partial charge is 0.373 e. The van der Waals surface area contributed by atoms with Crippen LogP contribution in [0.1, 0.15) is 23.8 Å². The average molecular weight is 262 g/mol. The number of carbonyl (C=O) groups excluding carboxylic acids is 1. The van der Waals surface area contributed by atoms with Gasteiger partial charge in [0, 0.05) is 33.2 Å². The normalized spacial score (nSPS) is 16.4. The van der Waals surface area contributed by atoms with Gasteiger partial charge in [-0.1, -0.05) is 13.0 Å². The van der Waals surface area contributed by atoms with Crippen molar-refractivity contribution in [3.63, 3.8) is 0 Å². The van der Waals surface area contributed by atoms with Gasteiger partial charge in [-0.2, -0.15) is 0 Å². The second kappa shape index (κ2) is 6.52. The van der Waals surface area contributed by atoms with Gasteiger partial charge in [0.25, 0.3) is 5.91 Å². The molecule has 1 saturated heterocycles. The molecule has 0 aromatic carbocycles. The third kappa shape index (κ3) is 3.44. The van der Waals surface area contributed by atoms with E-state index >= 15 is 0 Å². The van der Waals surface area contributed by atoms with E-state index in [0.717, 1.165) is 38.5 Å². The molecule has 0 spiro atoms. The predicted octanol–water partition coefficient (Wildman–Crippen LogP) is 1.29. The molecule has 5 nitrogen and oxygen atoms in total. The van der Waals surface area contributed by atoms with Gasteiger partial charge in [0.2, 0.25) is 0 Å². The Bertz CT molecular complexity index is 427. The highest BCUT2D eigenvalue weighted by Crippen LogP contribution is 2.10. The Morgan fingerprint density at radius 2 is 2.05 bits per heavy atom. The SMILES string of the molecule is CCCN1CCN(C(=O)c2cccc(NC)n2)CC1. The van der Waals surface area contributed by atoms with Crippen molar-refractivity contribution in [2.45, 2.75) is 13.3 Å². The molecule has 1 aromatic heterocycles. The molecule has 1 fully saturated rings. The standard InChI is InChI=1S/C14H22N4O/c1-3-7-17-8-10-18(11-9-17)14(19)12-5-4-6-13(15-2)16-12/h4-6H,3,7-11H2,1-2H3,(H,15,16). The van der Waals surface area contributed by atoms with E-state index in [1.165, 1.54) is 6.42 Å². The zero-order valence-corrected chi connectivity index (χ0v) is 11.7. The summed E-state index contributed by atoms with van der Waals surface area (Å²) in [6.07, 6.45) is 1.17. The molecule has 19 heavy (non-hydrogen) atoms. The van der Waals surface area contributed by atoms with Crippen LogP contribution in [0.3, 0.4) is 0 Å². The van der Waals surface area contributed by atoms with Crippen LogP contribution < -0.4 is 5.32 Å². The monoisotopic (exact) mass is 262 g/mol. The highest BCUT2D eigenvalue weighted by atomic mass is 16.2. The summed E-state index contributed by atoms with van der Waals surface area (Å²) in [6.45, 7) is 6.82. The van der Waals surface area contributed by atoms with Crippen LogP contribution in [0.25, 0.3) is 0 Å². The minimum absolute atomic E-state index is 0.0354. The Morgan fingerprint density at radius 3 is 2.68 bits per heavy atom. The lowest BCUT2D eigenvalue weighted by molar-refractivity contribution is 0.0632. The number of pyridine rings is 1. The molecule has 1 aliphatic rings. The number of piperazine rings is 1. The Morgan fingerprint density at radius 1 is 1.32 bits per heavy atom. The summed E-state index contributed by atoms with van der Waals surface area (Å²) in [5.41, 5.74) is 0.524. The maximum Gasteiger partial charge on any atom is 0.272 e. The zero-order chi connectivity index (χ0) is 13.7. The summed E-state index contributed by atoms with van der Waals surface area (Å²) in [5, 5.41) is 2.96. The van der Waals surface area contributed by atoms with Gasteiger partial charge in [0.15, 0.2) is 0 Å². The zero-order valence-electron chi connectivity index (χ0n) is 11.7. The van der Waals surface area contributed by atoms with Crippen LogP contribution in [0.2, 0.25) is 0 Å². The topological polar surface area (TPSA) is 48.5 Å². The lowest BCUT2D eigenvalue weighted by atomic mass is 10.2. The van der Waals surface area contributed by atoms with Crippen molar-refractivity contribution >= 4 is 11.7 Å². The Kier molecular flexibility index (Phi) is 4.74. The summed E-state index contributed by atoms with van der Waals surface area (Å²) in [6, 6.07) is 5.50. The highest BCUT2D eigenvalue weighted by molar-refractivity contribution is 5.92. The van der Waals surface area contributed by atoms with E-state index in [1.54, 1.807) is 13.1 Å². The Hall–Kier alpha value is -1.62. The van der Waals surface area contributed by atoms with Gasteiger partial charge in [-0.3, -0.25) is 9.69 Å². The maximum absolute atomic E-state index is 12.3. The van der Waals surface area contributed by atoms with E-state index in [1.807, 2.05) is 17.0 Å². The second-order valence-electron chi connectivity index (χ2n) is 4.79. The lowest BCUT2D eigenvalue weighted by Gasteiger charge is -2.34. The number of hydrogen-bond donors (Lipinski definition) is 1. The van der Waals surface area contributed by atoms with Gasteiger partial charge in [-0.15, -0.1) is 0 Å². The summed E-state index contributed by atoms with van der Waals surface area (Å²) in [5.74, 6) is 0.767. The molecule has 1 aromatic rings. The van der Waals surface area contributed by atoms with E-state index < -0.39 is 0 Å². The van der Waals surface area contributed by atoms with Crippen LogP contribution >= 0.6 is 0 Å². The third-order valence-electron chi connectivity index (χ3n) is 3.42. The van der Waals surface area contributed by atoms with Crippen molar-refractivity contribution in [2.75, 3.05) is 45.1 Å². The van der Waals surface area contributed by atoms with Crippen molar-refractivity contribution in [3.05, 3.63) is 23.9 Å². The molecule has 5 heteroatoms. The average Bonchev–Trinajstić information content (AvgIpc) is 2.48. The van der Waals surface area contributed by atoms with Crippen LogP contribution in [0.5, 0.6) is 0 Å². The lowest BCUT2D eigenvalue weighted by Crippen LogP contribution is -2.48. The number of rotatable bonds is 4. The number of carbonyl (C=O) groups is 1. The predicted molar refractivity (Wildman–Crippen MR) is 76.4 cm³/mol. The fourth-order valence-corrected chi connectivity index (χ4v) is 2.35. The van der Waals surface area contributed by atoms with Crippen LogP contribution in [0, 0.1) is 0 Å². The first-order valence-electron chi connectivity index (χ1n) is 6.91. The molecule has 2 heterocycles. The molecule has 0 bridgehead atoms. The molecular formula is C14H22N4O. The van der Waals surface area contributed by atoms with E-state index in [0.29, 0.717) is 5.69 Å². The smallest absolute Gasteiger partial charge is 0.272 e. The number of amides is 1. The number of aromatic nitrogens is 1. The third-order valence-corrected chi connectivity index (χ3v) is 3.42. The molecule has 0 unspecified atom stereocenters. The van der Waals surface area contributed by atoms with Crippen molar-refractivity contribution in [1.82, 2.24) is 14.8 Å². The minimum atomic E-state index is 0.0354. The number of nitrogens with zero attached hydrogens (tertiary/aromatic N) is 3. The van der Waals surface area contributed by atoms with Gasteiger partial charge in [0.1, 0.15) is 11.5 Å². The molecule has 0 saturated carbocycles. The molecule has 1 aliphatic heterocycles. The minimum Gasteiger partial charge on any atom is -0.373 e. The molecular weight excluding hydrogens is 240 g/mol. The van der Waals surface area contributed by atoms with Gasteiger partial charge in [-0.25, -0.2) is 4.98 Å². The van der Waals surface area contributed by atoms with Crippen molar-refractivity contribution in [2.24, 2.45) is 0 Å². The molecule has 2 rings (SSSR count). The fourth-order valence-electron chi connectivity index (χ4n) is 2.35. The number of hydrogen-bond acceptors (Lipinski definition) is 4. The maximum atomic E-state index is 12.3. The number of anilines is 1. The van der Waals surface area contributed by atoms with Gasteiger partial charge < -0.3 is 10.2 Å². The van der Waals surface area contributed by atoms with Crippen molar-refractivity contribution in [3.8, 4) is 0 Å². The van der Waals surface area contributed by atoms with Crippen LogP contribution in [0.15, 0.2) is 18.2 Å². The quantitative estimate of drug-likeness (QED) is 0.888. The Labute approximate surface area is 114 Å². The van der Waals surface area contributed by atoms with Crippen molar-refractivity contribution in [1.29, 1.82) is 0 Å². The Balaban J connectivity index is 1.97. The summed E-state index contributed by atoms with van der Waals surface area (Å²) in [7, 11) is 1.81. The summed E-state index contributed by atoms with van der Waals surface area (Å²) in [4.78, 5) is 21.0. The van der Waals surface area contributed by atoms with Gasteiger partial charge in [-0.05, 0) is 25.1 Å². The molecule has 1 amide bonds. The van der Waals surface area contributed by atoms with Crippen LogP contribution in [-0.2, 0) is 0 Å².